The van der Waals surface area contributed by atoms with E-state index in [-0.39, 0.29) is 12.1 Å². The molecule has 0 saturated heterocycles. The molecule has 1 heterocycles. The molecular weight excluding hydrogens is 260 g/mol. The predicted molar refractivity (Wildman–Crippen MR) is 74.4 cm³/mol. The normalized spacial score (nSPS) is 11.0. The summed E-state index contributed by atoms with van der Waals surface area (Å²) in [5, 5.41) is 7.42. The average molecular weight is 279 g/mol. The quantitative estimate of drug-likeness (QED) is 0.824. The maximum atomic E-state index is 13.4. The van der Waals surface area contributed by atoms with Gasteiger partial charge in [0.15, 0.2) is 0 Å². The largest absolute Gasteiger partial charge is 0.312 e. The second kappa shape index (κ2) is 6.61. The summed E-state index contributed by atoms with van der Waals surface area (Å²) in [5.41, 5.74) is 2.23. The molecule has 0 fully saturated rings. The number of hydrogen-bond donors (Lipinski definition) is 1. The smallest absolute Gasteiger partial charge is 0.130 e. The Morgan fingerprint density at radius 1 is 1.20 bits per heavy atom. The van der Waals surface area contributed by atoms with Crippen molar-refractivity contribution < 1.29 is 8.78 Å². The van der Waals surface area contributed by atoms with Crippen LogP contribution in [0.3, 0.4) is 0 Å². The van der Waals surface area contributed by atoms with Crippen LogP contribution < -0.4 is 5.32 Å². The van der Waals surface area contributed by atoms with Gasteiger partial charge in [-0.2, -0.15) is 5.10 Å². The molecule has 0 unspecified atom stereocenters. The molecule has 0 saturated carbocycles. The van der Waals surface area contributed by atoms with Gasteiger partial charge in [0.25, 0.3) is 0 Å². The lowest BCUT2D eigenvalue weighted by Gasteiger charge is -2.08. The van der Waals surface area contributed by atoms with E-state index in [0.29, 0.717) is 6.54 Å². The van der Waals surface area contributed by atoms with Gasteiger partial charge in [0.2, 0.25) is 0 Å². The standard InChI is InChI=1S/C15H19F2N3/c1-11-9-12(2)20(19-11)8-4-7-18-10-13-14(16)5-3-6-15(13)17/h3,5-6,9,18H,4,7-8,10H2,1-2H3. The molecule has 0 spiro atoms. The molecule has 0 amide bonds. The molecule has 1 aromatic heterocycles. The fourth-order valence-corrected chi connectivity index (χ4v) is 2.17. The third-order valence-corrected chi connectivity index (χ3v) is 3.19. The summed E-state index contributed by atoms with van der Waals surface area (Å²) in [5.74, 6) is -1.01. The number of hydrogen-bond acceptors (Lipinski definition) is 2. The zero-order valence-corrected chi connectivity index (χ0v) is 11.8. The van der Waals surface area contributed by atoms with Crippen molar-refractivity contribution >= 4 is 0 Å². The van der Waals surface area contributed by atoms with Gasteiger partial charge < -0.3 is 5.32 Å². The van der Waals surface area contributed by atoms with Crippen LogP contribution in [0.15, 0.2) is 24.3 Å². The first-order valence-corrected chi connectivity index (χ1v) is 6.72. The Morgan fingerprint density at radius 2 is 1.90 bits per heavy atom. The number of nitrogens with one attached hydrogen (secondary N) is 1. The number of aryl methyl sites for hydroxylation is 3. The van der Waals surface area contributed by atoms with Gasteiger partial charge in [-0.25, -0.2) is 8.78 Å². The fraction of sp³-hybridized carbons (Fsp3) is 0.400. The van der Waals surface area contributed by atoms with Crippen molar-refractivity contribution in [3.05, 3.63) is 52.9 Å². The highest BCUT2D eigenvalue weighted by Gasteiger charge is 2.07. The van der Waals surface area contributed by atoms with Gasteiger partial charge in [0.05, 0.1) is 5.69 Å². The highest BCUT2D eigenvalue weighted by atomic mass is 19.1. The molecule has 1 N–H and O–H groups in total. The van der Waals surface area contributed by atoms with Gasteiger partial charge in [0.1, 0.15) is 11.6 Å². The van der Waals surface area contributed by atoms with Crippen molar-refractivity contribution in [1.82, 2.24) is 15.1 Å². The summed E-state index contributed by atoms with van der Waals surface area (Å²) in [7, 11) is 0. The summed E-state index contributed by atoms with van der Waals surface area (Å²) in [6.45, 7) is 5.67. The zero-order chi connectivity index (χ0) is 14.5. The van der Waals surface area contributed by atoms with Crippen LogP contribution in [0.1, 0.15) is 23.4 Å². The Kier molecular flexibility index (Phi) is 4.84. The number of aromatic nitrogens is 2. The second-order valence-corrected chi connectivity index (χ2v) is 4.88. The van der Waals surface area contributed by atoms with Crippen LogP contribution in [0.5, 0.6) is 0 Å². The molecule has 0 aliphatic rings. The Bertz CT molecular complexity index is 558. The minimum Gasteiger partial charge on any atom is -0.312 e. The van der Waals surface area contributed by atoms with E-state index < -0.39 is 11.6 Å². The average Bonchev–Trinajstić information content (AvgIpc) is 2.71. The molecule has 0 aliphatic carbocycles. The van der Waals surface area contributed by atoms with E-state index >= 15 is 0 Å². The highest BCUT2D eigenvalue weighted by molar-refractivity contribution is 5.19. The first-order valence-electron chi connectivity index (χ1n) is 6.72. The maximum absolute atomic E-state index is 13.4. The van der Waals surface area contributed by atoms with Crippen molar-refractivity contribution in [1.29, 1.82) is 0 Å². The Balaban J connectivity index is 1.76. The number of halogens is 2. The molecule has 20 heavy (non-hydrogen) atoms. The number of nitrogens with zero attached hydrogens (tertiary/aromatic N) is 2. The maximum Gasteiger partial charge on any atom is 0.130 e. The number of benzene rings is 1. The Morgan fingerprint density at radius 3 is 2.50 bits per heavy atom. The molecule has 3 nitrogen and oxygen atoms in total. The molecule has 2 aromatic rings. The first kappa shape index (κ1) is 14.7. The van der Waals surface area contributed by atoms with Gasteiger partial charge >= 0.3 is 0 Å². The molecular formula is C15H19F2N3. The Hall–Kier alpha value is -1.75. The predicted octanol–water partition coefficient (Wildman–Crippen LogP) is 2.96. The molecule has 2 rings (SSSR count). The van der Waals surface area contributed by atoms with Crippen LogP contribution in [0.25, 0.3) is 0 Å². The highest BCUT2D eigenvalue weighted by Crippen LogP contribution is 2.11. The number of rotatable bonds is 6. The third-order valence-electron chi connectivity index (χ3n) is 3.19. The molecule has 5 heteroatoms. The monoisotopic (exact) mass is 279 g/mol. The van der Waals surface area contributed by atoms with Crippen LogP contribution in [-0.2, 0) is 13.1 Å². The second-order valence-electron chi connectivity index (χ2n) is 4.88. The lowest BCUT2D eigenvalue weighted by molar-refractivity contribution is 0.508. The molecule has 0 bridgehead atoms. The van der Waals surface area contributed by atoms with Crippen LogP contribution in [0.4, 0.5) is 8.78 Å². The van der Waals surface area contributed by atoms with Crippen LogP contribution >= 0.6 is 0 Å². The molecule has 0 atom stereocenters. The van der Waals surface area contributed by atoms with E-state index in [4.69, 9.17) is 0 Å². The lowest BCUT2D eigenvalue weighted by atomic mass is 10.2. The summed E-state index contributed by atoms with van der Waals surface area (Å²) in [6.07, 6.45) is 0.859. The van der Waals surface area contributed by atoms with Crippen molar-refractivity contribution in [3.63, 3.8) is 0 Å². The van der Waals surface area contributed by atoms with E-state index in [1.165, 1.54) is 18.2 Å². The SMILES string of the molecule is Cc1cc(C)n(CCCNCc2c(F)cccc2F)n1. The summed E-state index contributed by atoms with van der Waals surface area (Å²) < 4.78 is 28.7. The molecule has 1 aromatic carbocycles. The van der Waals surface area contributed by atoms with Crippen LogP contribution in [0.2, 0.25) is 0 Å². The molecule has 108 valence electrons. The van der Waals surface area contributed by atoms with E-state index in [1.54, 1.807) is 0 Å². The first-order chi connectivity index (χ1) is 9.58. The van der Waals surface area contributed by atoms with Crippen molar-refractivity contribution in [3.8, 4) is 0 Å². The fourth-order valence-electron chi connectivity index (χ4n) is 2.17. The van der Waals surface area contributed by atoms with Gasteiger partial charge in [-0.05, 0) is 45.0 Å². The van der Waals surface area contributed by atoms with Crippen LogP contribution in [-0.4, -0.2) is 16.3 Å². The lowest BCUT2D eigenvalue weighted by Crippen LogP contribution is -2.18. The van der Waals surface area contributed by atoms with Crippen molar-refractivity contribution in [2.24, 2.45) is 0 Å². The summed E-state index contributed by atoms with van der Waals surface area (Å²) in [4.78, 5) is 0. The van der Waals surface area contributed by atoms with E-state index in [0.717, 1.165) is 24.4 Å². The summed E-state index contributed by atoms with van der Waals surface area (Å²) in [6, 6.07) is 5.95. The van der Waals surface area contributed by atoms with E-state index in [1.807, 2.05) is 24.6 Å². The minimum absolute atomic E-state index is 0.0959. The topological polar surface area (TPSA) is 29.9 Å². The van der Waals surface area contributed by atoms with Gasteiger partial charge in [0, 0.05) is 24.3 Å². The van der Waals surface area contributed by atoms with Crippen molar-refractivity contribution in [2.75, 3.05) is 6.54 Å². The third kappa shape index (κ3) is 3.63. The minimum atomic E-state index is -0.504. The van der Waals surface area contributed by atoms with Crippen LogP contribution in [0, 0.1) is 25.5 Å². The zero-order valence-electron chi connectivity index (χ0n) is 11.8. The van der Waals surface area contributed by atoms with Gasteiger partial charge in [-0.1, -0.05) is 6.07 Å². The van der Waals surface area contributed by atoms with Crippen molar-refractivity contribution in [2.45, 2.75) is 33.4 Å². The summed E-state index contributed by atoms with van der Waals surface area (Å²) >= 11 is 0. The molecule has 0 radical (unpaired) electrons. The van der Waals surface area contributed by atoms with E-state index in [9.17, 15) is 8.78 Å². The van der Waals surface area contributed by atoms with Gasteiger partial charge in [-0.15, -0.1) is 0 Å². The molecule has 0 aliphatic heterocycles. The van der Waals surface area contributed by atoms with Gasteiger partial charge in [-0.3, -0.25) is 4.68 Å². The Labute approximate surface area is 117 Å². The van der Waals surface area contributed by atoms with E-state index in [2.05, 4.69) is 10.4 Å².